The Hall–Kier alpha value is -3.52. The Labute approximate surface area is 206 Å². The van der Waals surface area contributed by atoms with Crippen LogP contribution in [-0.2, 0) is 6.54 Å². The molecule has 34 heavy (non-hydrogen) atoms. The fraction of sp³-hybridized carbons (Fsp3) is 0.231. The molecule has 3 aromatic carbocycles. The minimum Gasteiger partial charge on any atom is -0.496 e. The van der Waals surface area contributed by atoms with E-state index in [1.807, 2.05) is 55.5 Å². The number of carbonyl (C=O) groups is 2. The van der Waals surface area contributed by atoms with Crippen molar-refractivity contribution in [2.75, 3.05) is 12.0 Å². The molecule has 0 spiro atoms. The topological polar surface area (TPSA) is 79.9 Å². The molecule has 1 fully saturated rings. The number of urea groups is 1. The van der Waals surface area contributed by atoms with E-state index >= 15 is 0 Å². The van der Waals surface area contributed by atoms with Crippen molar-refractivity contribution in [3.8, 4) is 11.5 Å². The molecular formula is C26H24BrN3O4. The van der Waals surface area contributed by atoms with Crippen molar-refractivity contribution < 1.29 is 19.1 Å². The van der Waals surface area contributed by atoms with Gasteiger partial charge >= 0.3 is 6.03 Å². The van der Waals surface area contributed by atoms with Crippen LogP contribution in [0.5, 0.6) is 11.5 Å². The maximum absolute atomic E-state index is 13.2. The number of methoxy groups -OCH3 is 1. The largest absolute Gasteiger partial charge is 0.496 e. The second-order valence-electron chi connectivity index (χ2n) is 8.55. The minimum absolute atomic E-state index is 0.151. The van der Waals surface area contributed by atoms with Gasteiger partial charge in [-0.15, -0.1) is 0 Å². The highest BCUT2D eigenvalue weighted by atomic mass is 79.9. The van der Waals surface area contributed by atoms with Gasteiger partial charge in [-0.25, -0.2) is 4.79 Å². The van der Waals surface area contributed by atoms with Crippen molar-refractivity contribution in [3.63, 3.8) is 0 Å². The van der Waals surface area contributed by atoms with E-state index in [0.717, 1.165) is 21.3 Å². The van der Waals surface area contributed by atoms with Crippen LogP contribution >= 0.6 is 15.9 Å². The van der Waals surface area contributed by atoms with E-state index in [1.165, 1.54) is 0 Å². The first-order chi connectivity index (χ1) is 16.4. The smallest absolute Gasteiger partial charge is 0.325 e. The molecule has 0 aliphatic carbocycles. The number of amides is 3. The summed E-state index contributed by atoms with van der Waals surface area (Å²) in [7, 11) is 1.60. The summed E-state index contributed by atoms with van der Waals surface area (Å²) >= 11 is 3.49. The number of anilines is 1. The maximum atomic E-state index is 13.2. The number of hydrogen-bond donors (Lipinski definition) is 2. The molecule has 3 amide bonds. The van der Waals surface area contributed by atoms with Gasteiger partial charge in [0.15, 0.2) is 5.72 Å². The molecule has 2 N–H and O–H groups in total. The van der Waals surface area contributed by atoms with E-state index < -0.39 is 5.72 Å². The third-order valence-electron chi connectivity index (χ3n) is 6.23. The SMILES string of the molecule is COc1ccccc1CNC(=O)c1cccc(N2C(=O)NC3CC2(C)Oc2ccc(Br)cc23)c1. The zero-order chi connectivity index (χ0) is 23.9. The Morgan fingerprint density at radius 3 is 2.85 bits per heavy atom. The van der Waals surface area contributed by atoms with Crippen LogP contribution < -0.4 is 25.0 Å². The highest BCUT2D eigenvalue weighted by molar-refractivity contribution is 9.10. The molecule has 2 unspecified atom stereocenters. The van der Waals surface area contributed by atoms with E-state index in [-0.39, 0.29) is 18.0 Å². The van der Waals surface area contributed by atoms with Gasteiger partial charge in [0.05, 0.1) is 18.8 Å². The summed E-state index contributed by atoms with van der Waals surface area (Å²) in [6.07, 6.45) is 0.576. The molecule has 0 aromatic heterocycles. The molecule has 3 aromatic rings. The van der Waals surface area contributed by atoms with Gasteiger partial charge in [-0.3, -0.25) is 9.69 Å². The molecule has 2 atom stereocenters. The van der Waals surface area contributed by atoms with E-state index in [1.54, 1.807) is 30.2 Å². The second kappa shape index (κ2) is 8.68. The van der Waals surface area contributed by atoms with E-state index in [2.05, 4.69) is 26.6 Å². The fourth-order valence-corrected chi connectivity index (χ4v) is 5.03. The molecule has 8 heteroatoms. The normalized spacial score (nSPS) is 20.6. The van der Waals surface area contributed by atoms with Crippen LogP contribution in [0, 0.1) is 0 Å². The Kier molecular flexibility index (Phi) is 5.69. The molecule has 0 radical (unpaired) electrons. The summed E-state index contributed by atoms with van der Waals surface area (Å²) in [6, 6.07) is 19.9. The van der Waals surface area contributed by atoms with Gasteiger partial charge in [-0.05, 0) is 49.4 Å². The van der Waals surface area contributed by atoms with Gasteiger partial charge in [-0.2, -0.15) is 0 Å². The summed E-state index contributed by atoms with van der Waals surface area (Å²) in [6.45, 7) is 2.23. The highest BCUT2D eigenvalue weighted by Gasteiger charge is 2.49. The Morgan fingerprint density at radius 1 is 1.21 bits per heavy atom. The number of rotatable bonds is 5. The molecule has 5 rings (SSSR count). The van der Waals surface area contributed by atoms with E-state index in [0.29, 0.717) is 30.0 Å². The van der Waals surface area contributed by atoms with Crippen LogP contribution in [0.2, 0.25) is 0 Å². The standard InChI is InChI=1S/C26H24BrN3O4/c1-26-14-21(20-13-18(27)10-11-23(20)34-26)29-25(32)30(26)19-8-5-7-16(12-19)24(31)28-15-17-6-3-4-9-22(17)33-2/h3-13,21H,14-15H2,1-2H3,(H,28,31)(H,29,32). The van der Waals surface area contributed by atoms with Gasteiger partial charge in [0, 0.05) is 34.1 Å². The van der Waals surface area contributed by atoms with Gasteiger partial charge in [-0.1, -0.05) is 40.2 Å². The zero-order valence-electron chi connectivity index (χ0n) is 18.8. The molecule has 0 saturated carbocycles. The lowest BCUT2D eigenvalue weighted by Gasteiger charge is -2.50. The third kappa shape index (κ3) is 3.98. The lowest BCUT2D eigenvalue weighted by Crippen LogP contribution is -2.65. The average molecular weight is 522 g/mol. The lowest BCUT2D eigenvalue weighted by atomic mass is 9.90. The van der Waals surface area contributed by atoms with Crippen LogP contribution in [0.15, 0.2) is 71.2 Å². The predicted molar refractivity (Wildman–Crippen MR) is 132 cm³/mol. The van der Waals surface area contributed by atoms with Crippen LogP contribution in [-0.4, -0.2) is 24.8 Å². The van der Waals surface area contributed by atoms with Gasteiger partial charge in [0.25, 0.3) is 5.91 Å². The molecule has 2 heterocycles. The fourth-order valence-electron chi connectivity index (χ4n) is 4.65. The van der Waals surface area contributed by atoms with Gasteiger partial charge < -0.3 is 20.1 Å². The summed E-state index contributed by atoms with van der Waals surface area (Å²) in [5.41, 5.74) is 1.98. The van der Waals surface area contributed by atoms with Crippen molar-refractivity contribution >= 4 is 33.6 Å². The number of hydrogen-bond acceptors (Lipinski definition) is 4. The number of para-hydroxylation sites is 1. The third-order valence-corrected chi connectivity index (χ3v) is 6.73. The van der Waals surface area contributed by atoms with Crippen LogP contribution in [0.25, 0.3) is 0 Å². The first-order valence-electron chi connectivity index (χ1n) is 11.0. The summed E-state index contributed by atoms with van der Waals surface area (Å²) in [4.78, 5) is 27.7. The molecule has 2 aliphatic rings. The number of nitrogens with one attached hydrogen (secondary N) is 2. The first-order valence-corrected chi connectivity index (χ1v) is 11.8. The first kappa shape index (κ1) is 22.3. The zero-order valence-corrected chi connectivity index (χ0v) is 20.4. The minimum atomic E-state index is -0.889. The number of carbonyl (C=O) groups excluding carboxylic acids is 2. The van der Waals surface area contributed by atoms with Crippen LogP contribution in [0.3, 0.4) is 0 Å². The van der Waals surface area contributed by atoms with Crippen molar-refractivity contribution in [2.24, 2.45) is 0 Å². The quantitative estimate of drug-likeness (QED) is 0.486. The molecule has 2 bridgehead atoms. The predicted octanol–water partition coefficient (Wildman–Crippen LogP) is 5.16. The molecular weight excluding hydrogens is 498 g/mol. The summed E-state index contributed by atoms with van der Waals surface area (Å²) < 4.78 is 12.6. The van der Waals surface area contributed by atoms with E-state index in [4.69, 9.17) is 9.47 Å². The molecule has 174 valence electrons. The Bertz CT molecular complexity index is 1280. The number of fused-ring (bicyclic) bond motifs is 4. The average Bonchev–Trinajstić information content (AvgIpc) is 2.83. The van der Waals surface area contributed by atoms with Gasteiger partial charge in [0.2, 0.25) is 0 Å². The number of ether oxygens (including phenoxy) is 2. The Morgan fingerprint density at radius 2 is 2.03 bits per heavy atom. The number of halogens is 1. The number of benzene rings is 3. The van der Waals surface area contributed by atoms with Crippen molar-refractivity contribution in [2.45, 2.75) is 31.7 Å². The van der Waals surface area contributed by atoms with Crippen molar-refractivity contribution in [1.29, 1.82) is 0 Å². The maximum Gasteiger partial charge on any atom is 0.325 e. The summed E-state index contributed by atoms with van der Waals surface area (Å²) in [5.74, 6) is 1.20. The van der Waals surface area contributed by atoms with Crippen LogP contribution in [0.4, 0.5) is 10.5 Å². The van der Waals surface area contributed by atoms with Crippen molar-refractivity contribution in [1.82, 2.24) is 10.6 Å². The second-order valence-corrected chi connectivity index (χ2v) is 9.46. The molecule has 7 nitrogen and oxygen atoms in total. The monoisotopic (exact) mass is 521 g/mol. The summed E-state index contributed by atoms with van der Waals surface area (Å²) in [5, 5.41) is 6.01. The highest BCUT2D eigenvalue weighted by Crippen LogP contribution is 2.46. The van der Waals surface area contributed by atoms with Gasteiger partial charge in [0.1, 0.15) is 11.5 Å². The Balaban J connectivity index is 1.39. The number of nitrogens with zero attached hydrogens (tertiary/aromatic N) is 1. The molecule has 1 saturated heterocycles. The van der Waals surface area contributed by atoms with Crippen LogP contribution in [0.1, 0.15) is 40.9 Å². The van der Waals surface area contributed by atoms with E-state index in [9.17, 15) is 9.59 Å². The molecule has 2 aliphatic heterocycles. The van der Waals surface area contributed by atoms with Crippen molar-refractivity contribution in [3.05, 3.63) is 87.9 Å². The lowest BCUT2D eigenvalue weighted by molar-refractivity contribution is 0.0378.